The number of hydrogen-bond donors (Lipinski definition) is 2. The van der Waals surface area contributed by atoms with Gasteiger partial charge in [0.1, 0.15) is 17.2 Å². The SMILES string of the molecule is Cc1n[nH]c(=S)n(NC(=O)c2csc(C3CCN(C(=O)Cc4ccc(F)cc4)CC3)n2)c1=O. The van der Waals surface area contributed by atoms with Crippen LogP contribution in [0.3, 0.4) is 0 Å². The van der Waals surface area contributed by atoms with Crippen molar-refractivity contribution in [3.8, 4) is 0 Å². The summed E-state index contributed by atoms with van der Waals surface area (Å²) in [6.45, 7) is 2.69. The molecule has 0 unspecified atom stereocenters. The highest BCUT2D eigenvalue weighted by atomic mass is 32.1. The number of nitrogens with zero attached hydrogens (tertiary/aromatic N) is 4. The van der Waals surface area contributed by atoms with Gasteiger partial charge < -0.3 is 4.90 Å². The van der Waals surface area contributed by atoms with E-state index >= 15 is 0 Å². The van der Waals surface area contributed by atoms with Gasteiger partial charge in [0.2, 0.25) is 10.7 Å². The first kappa shape index (κ1) is 22.9. The number of nitrogens with one attached hydrogen (secondary N) is 2. The van der Waals surface area contributed by atoms with E-state index in [4.69, 9.17) is 12.2 Å². The standard InChI is InChI=1S/C21H21FN6O3S2/c1-12-20(31)28(21(32)25-24-12)26-18(30)16-11-33-19(23-16)14-6-8-27(9-7-14)17(29)10-13-2-4-15(22)5-3-13/h2-5,11,14H,6-10H2,1H3,(H,25,32)(H,26,30). The van der Waals surface area contributed by atoms with Crippen molar-refractivity contribution in [2.75, 3.05) is 18.5 Å². The van der Waals surface area contributed by atoms with E-state index < -0.39 is 11.5 Å². The quantitative estimate of drug-likeness (QED) is 0.534. The predicted octanol–water partition coefficient (Wildman–Crippen LogP) is 2.54. The van der Waals surface area contributed by atoms with Crippen molar-refractivity contribution in [2.24, 2.45) is 0 Å². The van der Waals surface area contributed by atoms with Gasteiger partial charge >= 0.3 is 0 Å². The number of likely N-dealkylation sites (tertiary alicyclic amines) is 1. The Morgan fingerprint density at radius 3 is 2.67 bits per heavy atom. The Balaban J connectivity index is 1.35. The molecule has 0 saturated carbocycles. The number of carbonyl (C=O) groups excluding carboxylic acids is 2. The number of piperidine rings is 1. The van der Waals surface area contributed by atoms with Crippen molar-refractivity contribution in [1.29, 1.82) is 0 Å². The van der Waals surface area contributed by atoms with E-state index in [0.29, 0.717) is 13.1 Å². The van der Waals surface area contributed by atoms with Crippen molar-refractivity contribution in [3.63, 3.8) is 0 Å². The molecule has 2 N–H and O–H groups in total. The molecule has 3 aromatic rings. The fourth-order valence-electron chi connectivity index (χ4n) is 3.59. The normalized spacial score (nSPS) is 14.3. The predicted molar refractivity (Wildman–Crippen MR) is 123 cm³/mol. The number of halogens is 1. The van der Waals surface area contributed by atoms with Gasteiger partial charge in [0.25, 0.3) is 11.5 Å². The Labute approximate surface area is 197 Å². The molecule has 4 rings (SSSR count). The zero-order chi connectivity index (χ0) is 23.5. The lowest BCUT2D eigenvalue weighted by Crippen LogP contribution is -2.38. The second kappa shape index (κ2) is 9.71. The van der Waals surface area contributed by atoms with Gasteiger partial charge in [-0.15, -0.1) is 11.3 Å². The summed E-state index contributed by atoms with van der Waals surface area (Å²) in [6, 6.07) is 5.95. The molecule has 33 heavy (non-hydrogen) atoms. The first-order chi connectivity index (χ1) is 15.8. The Kier molecular flexibility index (Phi) is 6.75. The van der Waals surface area contributed by atoms with Crippen molar-refractivity contribution < 1.29 is 14.0 Å². The van der Waals surface area contributed by atoms with Gasteiger partial charge in [-0.2, -0.15) is 9.77 Å². The van der Waals surface area contributed by atoms with E-state index in [1.807, 2.05) is 0 Å². The maximum atomic E-state index is 13.0. The number of hydrogen-bond acceptors (Lipinski definition) is 7. The highest BCUT2D eigenvalue weighted by molar-refractivity contribution is 7.71. The molecular weight excluding hydrogens is 467 g/mol. The molecule has 1 aliphatic rings. The highest BCUT2D eigenvalue weighted by Crippen LogP contribution is 2.30. The Hall–Kier alpha value is -3.25. The summed E-state index contributed by atoms with van der Waals surface area (Å²) >= 11 is 6.39. The van der Waals surface area contributed by atoms with Gasteiger partial charge in [-0.25, -0.2) is 9.37 Å². The summed E-state index contributed by atoms with van der Waals surface area (Å²) in [7, 11) is 0. The maximum Gasteiger partial charge on any atom is 0.295 e. The Morgan fingerprint density at radius 2 is 1.97 bits per heavy atom. The number of aryl methyl sites for hydroxylation is 1. The number of benzene rings is 1. The summed E-state index contributed by atoms with van der Waals surface area (Å²) in [5, 5.41) is 8.71. The van der Waals surface area contributed by atoms with Crippen LogP contribution in [0.2, 0.25) is 0 Å². The minimum absolute atomic E-state index is 0.00822. The number of amides is 2. The number of thiazole rings is 1. The lowest BCUT2D eigenvalue weighted by atomic mass is 9.97. The Bertz CT molecular complexity index is 1290. The van der Waals surface area contributed by atoms with Crippen LogP contribution in [0, 0.1) is 17.5 Å². The molecule has 2 amide bonds. The van der Waals surface area contributed by atoms with E-state index in [2.05, 4.69) is 20.6 Å². The van der Waals surface area contributed by atoms with Crippen molar-refractivity contribution in [2.45, 2.75) is 32.1 Å². The van der Waals surface area contributed by atoms with Crippen LogP contribution in [0.5, 0.6) is 0 Å². The van der Waals surface area contributed by atoms with Crippen LogP contribution in [0.4, 0.5) is 4.39 Å². The Morgan fingerprint density at radius 1 is 1.27 bits per heavy atom. The average molecular weight is 489 g/mol. The van der Waals surface area contributed by atoms with E-state index in [-0.39, 0.29) is 40.2 Å². The minimum atomic E-state index is -0.545. The second-order valence-electron chi connectivity index (χ2n) is 7.72. The van der Waals surface area contributed by atoms with E-state index in [9.17, 15) is 18.8 Å². The summed E-state index contributed by atoms with van der Waals surface area (Å²) in [5.74, 6) is -0.722. The minimum Gasteiger partial charge on any atom is -0.342 e. The number of H-pyrrole nitrogens is 1. The van der Waals surface area contributed by atoms with Crippen molar-refractivity contribution >= 4 is 35.4 Å². The zero-order valence-corrected chi connectivity index (χ0v) is 19.3. The molecule has 1 fully saturated rings. The summed E-state index contributed by atoms with van der Waals surface area (Å²) in [4.78, 5) is 43.6. The molecule has 9 nitrogen and oxygen atoms in total. The third-order valence-corrected chi connectivity index (χ3v) is 6.75. The van der Waals surface area contributed by atoms with E-state index in [0.717, 1.165) is 28.1 Å². The molecule has 0 aliphatic carbocycles. The zero-order valence-electron chi connectivity index (χ0n) is 17.7. The highest BCUT2D eigenvalue weighted by Gasteiger charge is 2.26. The third kappa shape index (κ3) is 5.22. The molecular formula is C21H21FN6O3S2. The van der Waals surface area contributed by atoms with E-state index in [1.165, 1.54) is 30.4 Å². The van der Waals surface area contributed by atoms with Gasteiger partial charge in [0.15, 0.2) is 0 Å². The van der Waals surface area contributed by atoms with Gasteiger partial charge in [-0.05, 0) is 49.7 Å². The van der Waals surface area contributed by atoms with Crippen LogP contribution < -0.4 is 11.0 Å². The van der Waals surface area contributed by atoms with Crippen molar-refractivity contribution in [1.82, 2.24) is 24.8 Å². The fraction of sp³-hybridized carbons (Fsp3) is 0.333. The summed E-state index contributed by atoms with van der Waals surface area (Å²) < 4.78 is 14.0. The van der Waals surface area contributed by atoms with Gasteiger partial charge in [0.05, 0.1) is 11.4 Å². The second-order valence-corrected chi connectivity index (χ2v) is 9.00. The van der Waals surface area contributed by atoms with Crippen LogP contribution in [-0.2, 0) is 11.2 Å². The largest absolute Gasteiger partial charge is 0.342 e. The molecule has 0 atom stereocenters. The van der Waals surface area contributed by atoms with Crippen LogP contribution in [0.15, 0.2) is 34.4 Å². The molecule has 1 aliphatic heterocycles. The molecule has 3 heterocycles. The smallest absolute Gasteiger partial charge is 0.295 e. The molecule has 1 aromatic carbocycles. The molecule has 1 saturated heterocycles. The third-order valence-electron chi connectivity index (χ3n) is 5.47. The lowest BCUT2D eigenvalue weighted by Gasteiger charge is -2.31. The molecule has 2 aromatic heterocycles. The van der Waals surface area contributed by atoms with Crippen LogP contribution in [-0.4, -0.2) is 49.7 Å². The van der Waals surface area contributed by atoms with Crippen molar-refractivity contribution in [3.05, 3.63) is 72.5 Å². The van der Waals surface area contributed by atoms with Gasteiger partial charge in [-0.3, -0.25) is 24.9 Å². The van der Waals surface area contributed by atoms with E-state index in [1.54, 1.807) is 22.4 Å². The van der Waals surface area contributed by atoms with Gasteiger partial charge in [0, 0.05) is 24.4 Å². The number of carbonyl (C=O) groups is 2. The average Bonchev–Trinajstić information content (AvgIpc) is 3.31. The first-order valence-electron chi connectivity index (χ1n) is 10.3. The van der Waals surface area contributed by atoms with Gasteiger partial charge in [-0.1, -0.05) is 12.1 Å². The lowest BCUT2D eigenvalue weighted by molar-refractivity contribution is -0.131. The molecule has 0 radical (unpaired) electrons. The number of aromatic amines is 1. The van der Waals surface area contributed by atoms with Crippen LogP contribution in [0.25, 0.3) is 0 Å². The number of aromatic nitrogens is 4. The first-order valence-corrected chi connectivity index (χ1v) is 11.6. The summed E-state index contributed by atoms with van der Waals surface area (Å²) in [6.07, 6.45) is 1.71. The van der Waals surface area contributed by atoms with Crippen LogP contribution in [0.1, 0.15) is 45.5 Å². The molecule has 172 valence electrons. The number of rotatable bonds is 5. The maximum absolute atomic E-state index is 13.0. The topological polar surface area (TPSA) is 113 Å². The monoisotopic (exact) mass is 488 g/mol. The molecule has 12 heteroatoms. The van der Waals surface area contributed by atoms with Crippen LogP contribution >= 0.6 is 23.6 Å². The fourth-order valence-corrected chi connectivity index (χ4v) is 4.73. The summed E-state index contributed by atoms with van der Waals surface area (Å²) in [5.41, 5.74) is 3.09. The molecule has 0 spiro atoms. The molecule has 0 bridgehead atoms.